The van der Waals surface area contributed by atoms with E-state index < -0.39 is 0 Å². The Hall–Kier alpha value is -1.68. The summed E-state index contributed by atoms with van der Waals surface area (Å²) < 4.78 is 5.24. The molecule has 0 spiro atoms. The molecular weight excluding hydrogens is 232 g/mol. The second-order valence-electron chi connectivity index (χ2n) is 3.74. The summed E-state index contributed by atoms with van der Waals surface area (Å²) in [6.45, 7) is 1.95. The van der Waals surface area contributed by atoms with Crippen molar-refractivity contribution in [3.05, 3.63) is 53.5 Å². The van der Waals surface area contributed by atoms with E-state index in [4.69, 9.17) is 15.6 Å². The Morgan fingerprint density at radius 2 is 2.24 bits per heavy atom. The summed E-state index contributed by atoms with van der Waals surface area (Å²) >= 11 is 1.72. The van der Waals surface area contributed by atoms with E-state index in [0.717, 1.165) is 27.5 Å². The smallest absolute Gasteiger partial charge is 0.122 e. The molecule has 0 radical (unpaired) electrons. The summed E-state index contributed by atoms with van der Waals surface area (Å²) in [6, 6.07) is 9.73. The average molecular weight is 246 g/mol. The Labute approximate surface area is 105 Å². The molecule has 1 heterocycles. The van der Waals surface area contributed by atoms with Gasteiger partial charge in [-0.2, -0.15) is 0 Å². The zero-order chi connectivity index (χ0) is 12.3. The number of hydrogen-bond donors (Lipinski definition) is 2. The Morgan fingerprint density at radius 1 is 1.41 bits per heavy atom. The van der Waals surface area contributed by atoms with Crippen LogP contribution in [-0.2, 0) is 5.75 Å². The molecule has 17 heavy (non-hydrogen) atoms. The van der Waals surface area contributed by atoms with Gasteiger partial charge in [-0.15, -0.1) is 11.8 Å². The minimum Gasteiger partial charge on any atom is -0.468 e. The number of nitrogen functional groups attached to an aromatic ring is 1. The van der Waals surface area contributed by atoms with Crippen LogP contribution < -0.4 is 5.73 Å². The first-order chi connectivity index (χ1) is 8.16. The van der Waals surface area contributed by atoms with Crippen molar-refractivity contribution in [1.29, 1.82) is 5.41 Å². The van der Waals surface area contributed by atoms with Crippen LogP contribution in [0.5, 0.6) is 0 Å². The van der Waals surface area contributed by atoms with E-state index in [-0.39, 0.29) is 5.84 Å². The number of benzene rings is 1. The predicted molar refractivity (Wildman–Crippen MR) is 70.5 cm³/mol. The van der Waals surface area contributed by atoms with Crippen LogP contribution in [0.3, 0.4) is 0 Å². The van der Waals surface area contributed by atoms with Gasteiger partial charge in [-0.25, -0.2) is 0 Å². The van der Waals surface area contributed by atoms with Crippen molar-refractivity contribution in [2.45, 2.75) is 17.6 Å². The molecule has 0 saturated carbocycles. The summed E-state index contributed by atoms with van der Waals surface area (Å²) in [4.78, 5) is 1.15. The first-order valence-electron chi connectivity index (χ1n) is 5.27. The molecule has 2 rings (SSSR count). The van der Waals surface area contributed by atoms with Crippen LogP contribution in [0.2, 0.25) is 0 Å². The van der Waals surface area contributed by atoms with Crippen molar-refractivity contribution in [2.75, 3.05) is 0 Å². The highest BCUT2D eigenvalue weighted by Crippen LogP contribution is 2.26. The molecule has 88 valence electrons. The van der Waals surface area contributed by atoms with Crippen molar-refractivity contribution >= 4 is 17.6 Å². The van der Waals surface area contributed by atoms with Crippen molar-refractivity contribution in [3.63, 3.8) is 0 Å². The number of thioether (sulfide) groups is 1. The van der Waals surface area contributed by atoms with Crippen LogP contribution in [0.1, 0.15) is 16.9 Å². The maximum Gasteiger partial charge on any atom is 0.122 e. The van der Waals surface area contributed by atoms with Crippen LogP contribution in [0.4, 0.5) is 0 Å². The molecule has 0 fully saturated rings. The lowest BCUT2D eigenvalue weighted by Crippen LogP contribution is -2.10. The molecule has 0 aliphatic rings. The number of nitrogens with one attached hydrogen (secondary N) is 1. The number of furan rings is 1. The van der Waals surface area contributed by atoms with Crippen LogP contribution in [0.15, 0.2) is 45.9 Å². The SMILES string of the molecule is Cc1occc1SCc1cccc(C(=N)N)c1. The molecule has 1 aromatic heterocycles. The van der Waals surface area contributed by atoms with Crippen molar-refractivity contribution < 1.29 is 4.42 Å². The molecule has 3 nitrogen and oxygen atoms in total. The van der Waals surface area contributed by atoms with Gasteiger partial charge in [-0.05, 0) is 24.6 Å². The molecule has 0 aliphatic heterocycles. The topological polar surface area (TPSA) is 63.0 Å². The Bertz CT molecular complexity index is 534. The van der Waals surface area contributed by atoms with Crippen LogP contribution in [-0.4, -0.2) is 5.84 Å². The summed E-state index contributed by atoms with van der Waals surface area (Å²) in [6.07, 6.45) is 1.70. The summed E-state index contributed by atoms with van der Waals surface area (Å²) in [5.74, 6) is 1.90. The Balaban J connectivity index is 2.07. The molecular formula is C13H14N2OS. The Morgan fingerprint density at radius 3 is 2.88 bits per heavy atom. The fraction of sp³-hybridized carbons (Fsp3) is 0.154. The normalized spacial score (nSPS) is 10.4. The lowest BCUT2D eigenvalue weighted by Gasteiger charge is -2.03. The van der Waals surface area contributed by atoms with E-state index in [1.165, 1.54) is 0 Å². The second kappa shape index (κ2) is 5.10. The molecule has 0 aliphatic carbocycles. The van der Waals surface area contributed by atoms with Gasteiger partial charge in [0.05, 0.1) is 6.26 Å². The molecule has 2 aromatic rings. The van der Waals surface area contributed by atoms with E-state index in [0.29, 0.717) is 0 Å². The first kappa shape index (κ1) is 11.8. The van der Waals surface area contributed by atoms with Crippen LogP contribution >= 0.6 is 11.8 Å². The number of rotatable bonds is 4. The van der Waals surface area contributed by atoms with E-state index in [9.17, 15) is 0 Å². The predicted octanol–water partition coefficient (Wildman–Crippen LogP) is 3.16. The molecule has 4 heteroatoms. The fourth-order valence-electron chi connectivity index (χ4n) is 1.51. The molecule has 0 bridgehead atoms. The standard InChI is InChI=1S/C13H14N2OS/c1-9-12(5-6-16-9)17-8-10-3-2-4-11(7-10)13(14)15/h2-7H,8H2,1H3,(H3,14,15). The third kappa shape index (κ3) is 2.91. The maximum atomic E-state index is 7.39. The number of nitrogens with two attached hydrogens (primary N) is 1. The summed E-state index contributed by atoms with van der Waals surface area (Å²) in [7, 11) is 0. The van der Waals surface area contributed by atoms with E-state index in [2.05, 4.69) is 0 Å². The van der Waals surface area contributed by atoms with Gasteiger partial charge in [0.1, 0.15) is 11.6 Å². The number of hydrogen-bond acceptors (Lipinski definition) is 3. The number of aryl methyl sites for hydroxylation is 1. The van der Waals surface area contributed by atoms with Gasteiger partial charge < -0.3 is 10.2 Å². The van der Waals surface area contributed by atoms with Crippen molar-refractivity contribution in [3.8, 4) is 0 Å². The Kier molecular flexibility index (Phi) is 3.54. The highest BCUT2D eigenvalue weighted by Gasteiger charge is 2.03. The quantitative estimate of drug-likeness (QED) is 0.495. The molecule has 0 atom stereocenters. The van der Waals surface area contributed by atoms with Gasteiger partial charge in [-0.1, -0.05) is 18.2 Å². The zero-order valence-electron chi connectivity index (χ0n) is 9.57. The molecule has 0 saturated heterocycles. The zero-order valence-corrected chi connectivity index (χ0v) is 10.4. The lowest BCUT2D eigenvalue weighted by molar-refractivity contribution is 0.527. The van der Waals surface area contributed by atoms with Crippen LogP contribution in [0.25, 0.3) is 0 Å². The summed E-state index contributed by atoms with van der Waals surface area (Å²) in [5, 5.41) is 7.39. The van der Waals surface area contributed by atoms with Gasteiger partial charge in [0.25, 0.3) is 0 Å². The van der Waals surface area contributed by atoms with Crippen molar-refractivity contribution in [2.24, 2.45) is 5.73 Å². The van der Waals surface area contributed by atoms with Gasteiger partial charge in [-0.3, -0.25) is 5.41 Å². The largest absolute Gasteiger partial charge is 0.468 e. The fourth-order valence-corrected chi connectivity index (χ4v) is 2.42. The summed E-state index contributed by atoms with van der Waals surface area (Å²) in [5.41, 5.74) is 7.39. The number of amidine groups is 1. The molecule has 0 amide bonds. The van der Waals surface area contributed by atoms with E-state index in [1.807, 2.05) is 37.3 Å². The van der Waals surface area contributed by atoms with Gasteiger partial charge in [0.15, 0.2) is 0 Å². The molecule has 1 aromatic carbocycles. The van der Waals surface area contributed by atoms with E-state index >= 15 is 0 Å². The van der Waals surface area contributed by atoms with Crippen LogP contribution in [0, 0.1) is 12.3 Å². The highest BCUT2D eigenvalue weighted by molar-refractivity contribution is 7.98. The monoisotopic (exact) mass is 246 g/mol. The third-order valence-corrected chi connectivity index (χ3v) is 3.66. The molecule has 0 unspecified atom stereocenters. The minimum absolute atomic E-state index is 0.108. The van der Waals surface area contributed by atoms with Gasteiger partial charge in [0.2, 0.25) is 0 Å². The second-order valence-corrected chi connectivity index (χ2v) is 4.76. The maximum absolute atomic E-state index is 7.39. The lowest BCUT2D eigenvalue weighted by atomic mass is 10.1. The first-order valence-corrected chi connectivity index (χ1v) is 6.25. The van der Waals surface area contributed by atoms with Crippen molar-refractivity contribution in [1.82, 2.24) is 0 Å². The van der Waals surface area contributed by atoms with Gasteiger partial charge in [0, 0.05) is 16.2 Å². The highest BCUT2D eigenvalue weighted by atomic mass is 32.2. The minimum atomic E-state index is 0.108. The molecule has 3 N–H and O–H groups in total. The van der Waals surface area contributed by atoms with E-state index in [1.54, 1.807) is 18.0 Å². The van der Waals surface area contributed by atoms with Gasteiger partial charge >= 0.3 is 0 Å². The third-order valence-electron chi connectivity index (χ3n) is 2.44. The average Bonchev–Trinajstić information content (AvgIpc) is 2.72.